The Bertz CT molecular complexity index is 273. The van der Waals surface area contributed by atoms with Crippen LogP contribution in [0.15, 0.2) is 18.2 Å². The van der Waals surface area contributed by atoms with Crippen LogP contribution in [0, 0.1) is 12.7 Å². The molecular weight excluding hydrogens is 145 g/mol. The van der Waals surface area contributed by atoms with Crippen LogP contribution in [-0.2, 0) is 4.79 Å². The van der Waals surface area contributed by atoms with Crippen molar-refractivity contribution in [1.82, 2.24) is 0 Å². The summed E-state index contributed by atoms with van der Waals surface area (Å²) < 4.78 is 12.7. The van der Waals surface area contributed by atoms with Crippen molar-refractivity contribution >= 4 is 12.1 Å². The molecule has 0 radical (unpaired) electrons. The Hall–Kier alpha value is -1.38. The molecule has 0 heterocycles. The van der Waals surface area contributed by atoms with Gasteiger partial charge in [0.2, 0.25) is 6.41 Å². The van der Waals surface area contributed by atoms with Crippen molar-refractivity contribution < 1.29 is 9.18 Å². The lowest BCUT2D eigenvalue weighted by Crippen LogP contribution is -1.97. The van der Waals surface area contributed by atoms with Gasteiger partial charge in [0.25, 0.3) is 0 Å². The molecule has 3 heteroatoms. The highest BCUT2D eigenvalue weighted by Crippen LogP contribution is 2.15. The first-order valence-electron chi connectivity index (χ1n) is 3.21. The molecule has 0 aromatic heterocycles. The van der Waals surface area contributed by atoms with Crippen LogP contribution in [0.2, 0.25) is 0 Å². The number of hydrogen-bond donors (Lipinski definition) is 1. The zero-order chi connectivity index (χ0) is 8.27. The second-order valence-corrected chi connectivity index (χ2v) is 2.17. The number of anilines is 1. The van der Waals surface area contributed by atoms with E-state index >= 15 is 0 Å². The maximum atomic E-state index is 12.7. The fourth-order valence-corrected chi connectivity index (χ4v) is 0.827. The Labute approximate surface area is 64.0 Å². The lowest BCUT2D eigenvalue weighted by molar-refractivity contribution is -0.105. The van der Waals surface area contributed by atoms with Gasteiger partial charge in [-0.15, -0.1) is 0 Å². The van der Waals surface area contributed by atoms with Crippen molar-refractivity contribution in [2.75, 3.05) is 5.32 Å². The van der Waals surface area contributed by atoms with E-state index in [-0.39, 0.29) is 5.82 Å². The molecule has 0 saturated heterocycles. The van der Waals surface area contributed by atoms with Gasteiger partial charge in [-0.05, 0) is 19.1 Å². The van der Waals surface area contributed by atoms with Gasteiger partial charge in [-0.25, -0.2) is 4.39 Å². The first kappa shape index (κ1) is 7.72. The van der Waals surface area contributed by atoms with Gasteiger partial charge >= 0.3 is 0 Å². The van der Waals surface area contributed by atoms with Crippen LogP contribution in [0.3, 0.4) is 0 Å². The van der Waals surface area contributed by atoms with Gasteiger partial charge in [-0.1, -0.05) is 6.07 Å². The van der Waals surface area contributed by atoms with Crippen molar-refractivity contribution in [1.29, 1.82) is 0 Å². The standard InChI is InChI=1S/C8H8FNO/c1-6-7(9)3-2-4-8(6)10-5-11/h2-5H,1H3,(H,10,11). The first-order valence-corrected chi connectivity index (χ1v) is 3.21. The van der Waals surface area contributed by atoms with Crippen LogP contribution in [-0.4, -0.2) is 6.41 Å². The number of amides is 1. The maximum absolute atomic E-state index is 12.7. The van der Waals surface area contributed by atoms with Crippen LogP contribution in [0.4, 0.5) is 10.1 Å². The quantitative estimate of drug-likeness (QED) is 0.644. The Balaban J connectivity index is 3.05. The highest BCUT2D eigenvalue weighted by molar-refractivity contribution is 5.73. The minimum Gasteiger partial charge on any atom is -0.328 e. The monoisotopic (exact) mass is 153 g/mol. The summed E-state index contributed by atoms with van der Waals surface area (Å²) in [5.74, 6) is -0.308. The molecule has 0 atom stereocenters. The Morgan fingerprint density at radius 1 is 1.55 bits per heavy atom. The second-order valence-electron chi connectivity index (χ2n) is 2.17. The summed E-state index contributed by atoms with van der Waals surface area (Å²) in [7, 11) is 0. The van der Waals surface area contributed by atoms with Crippen molar-refractivity contribution in [3.8, 4) is 0 Å². The highest BCUT2D eigenvalue weighted by atomic mass is 19.1. The molecule has 1 aromatic rings. The lowest BCUT2D eigenvalue weighted by atomic mass is 10.2. The molecule has 11 heavy (non-hydrogen) atoms. The van der Waals surface area contributed by atoms with Crippen LogP contribution in [0.25, 0.3) is 0 Å². The molecule has 0 saturated carbocycles. The molecule has 1 amide bonds. The zero-order valence-corrected chi connectivity index (χ0v) is 6.10. The molecule has 0 unspecified atom stereocenters. The minimum atomic E-state index is -0.308. The second kappa shape index (κ2) is 3.14. The van der Waals surface area contributed by atoms with Crippen LogP contribution in [0.5, 0.6) is 0 Å². The van der Waals surface area contributed by atoms with Gasteiger partial charge in [0, 0.05) is 11.3 Å². The Kier molecular flexibility index (Phi) is 2.21. The summed E-state index contributed by atoms with van der Waals surface area (Å²) in [4.78, 5) is 10.0. The smallest absolute Gasteiger partial charge is 0.211 e. The molecule has 0 fully saturated rings. The van der Waals surface area contributed by atoms with E-state index in [0.717, 1.165) is 0 Å². The highest BCUT2D eigenvalue weighted by Gasteiger charge is 2.00. The van der Waals surface area contributed by atoms with Crippen molar-refractivity contribution in [2.24, 2.45) is 0 Å². The summed E-state index contributed by atoms with van der Waals surface area (Å²) in [6.07, 6.45) is 0.530. The third-order valence-corrected chi connectivity index (χ3v) is 1.48. The molecule has 0 bridgehead atoms. The number of carbonyl (C=O) groups excluding carboxylic acids is 1. The summed E-state index contributed by atoms with van der Waals surface area (Å²) in [5.41, 5.74) is 0.972. The number of hydrogen-bond acceptors (Lipinski definition) is 1. The number of halogens is 1. The van der Waals surface area contributed by atoms with Crippen molar-refractivity contribution in [3.05, 3.63) is 29.6 Å². The molecule has 2 nitrogen and oxygen atoms in total. The summed E-state index contributed by atoms with van der Waals surface area (Å²) in [6.45, 7) is 1.61. The van der Waals surface area contributed by atoms with E-state index in [1.807, 2.05) is 0 Å². The third kappa shape index (κ3) is 1.55. The predicted octanol–water partition coefficient (Wildman–Crippen LogP) is 1.70. The molecule has 0 aliphatic carbocycles. The topological polar surface area (TPSA) is 29.1 Å². The van der Waals surface area contributed by atoms with E-state index < -0.39 is 0 Å². The molecule has 1 rings (SSSR count). The van der Waals surface area contributed by atoms with E-state index in [4.69, 9.17) is 0 Å². The van der Waals surface area contributed by atoms with Gasteiger partial charge in [-0.2, -0.15) is 0 Å². The molecule has 0 aliphatic rings. The average molecular weight is 153 g/mol. The molecule has 0 aliphatic heterocycles. The van der Waals surface area contributed by atoms with E-state index in [1.54, 1.807) is 19.1 Å². The van der Waals surface area contributed by atoms with Crippen molar-refractivity contribution in [2.45, 2.75) is 6.92 Å². The predicted molar refractivity (Wildman–Crippen MR) is 40.8 cm³/mol. The van der Waals surface area contributed by atoms with Gasteiger partial charge < -0.3 is 5.32 Å². The molecule has 0 spiro atoms. The van der Waals surface area contributed by atoms with Gasteiger partial charge in [0.15, 0.2) is 0 Å². The van der Waals surface area contributed by atoms with E-state index in [1.165, 1.54) is 6.07 Å². The molecule has 1 N–H and O–H groups in total. The molecule has 58 valence electrons. The normalized spacial score (nSPS) is 9.27. The van der Waals surface area contributed by atoms with Crippen LogP contribution >= 0.6 is 0 Å². The van der Waals surface area contributed by atoms with Gasteiger partial charge in [0.05, 0.1) is 0 Å². The van der Waals surface area contributed by atoms with Crippen LogP contribution in [0.1, 0.15) is 5.56 Å². The van der Waals surface area contributed by atoms with Crippen molar-refractivity contribution in [3.63, 3.8) is 0 Å². The number of carbonyl (C=O) groups is 1. The fraction of sp³-hybridized carbons (Fsp3) is 0.125. The number of rotatable bonds is 2. The fourth-order valence-electron chi connectivity index (χ4n) is 0.827. The van der Waals surface area contributed by atoms with E-state index in [0.29, 0.717) is 17.7 Å². The average Bonchev–Trinajstić information content (AvgIpc) is 1.99. The van der Waals surface area contributed by atoms with Crippen LogP contribution < -0.4 is 5.32 Å². The Morgan fingerprint density at radius 3 is 2.91 bits per heavy atom. The zero-order valence-electron chi connectivity index (χ0n) is 6.10. The lowest BCUT2D eigenvalue weighted by Gasteiger charge is -2.02. The third-order valence-electron chi connectivity index (χ3n) is 1.48. The van der Waals surface area contributed by atoms with E-state index in [2.05, 4.69) is 5.32 Å². The number of nitrogens with one attached hydrogen (secondary N) is 1. The Morgan fingerprint density at radius 2 is 2.27 bits per heavy atom. The van der Waals surface area contributed by atoms with Gasteiger partial charge in [0.1, 0.15) is 5.82 Å². The molecule has 1 aromatic carbocycles. The molecular formula is C8H8FNO. The number of benzene rings is 1. The maximum Gasteiger partial charge on any atom is 0.211 e. The van der Waals surface area contributed by atoms with Gasteiger partial charge in [-0.3, -0.25) is 4.79 Å². The summed E-state index contributed by atoms with van der Waals surface area (Å²) >= 11 is 0. The van der Waals surface area contributed by atoms with E-state index in [9.17, 15) is 9.18 Å². The largest absolute Gasteiger partial charge is 0.328 e. The minimum absolute atomic E-state index is 0.308. The summed E-state index contributed by atoms with van der Waals surface area (Å²) in [5, 5.41) is 2.40. The SMILES string of the molecule is Cc1c(F)cccc1NC=O. The first-order chi connectivity index (χ1) is 5.25. The summed E-state index contributed by atoms with van der Waals surface area (Å²) in [6, 6.07) is 4.55.